The van der Waals surface area contributed by atoms with Crippen LogP contribution < -0.4 is 10.7 Å². The van der Waals surface area contributed by atoms with E-state index in [9.17, 15) is 14.7 Å². The van der Waals surface area contributed by atoms with Gasteiger partial charge in [-0.2, -0.15) is 5.10 Å². The fraction of sp³-hybridized carbons (Fsp3) is 0.429. The number of H-pyrrole nitrogens is 1. The monoisotopic (exact) mass is 444 g/mol. The van der Waals surface area contributed by atoms with Crippen molar-refractivity contribution >= 4 is 34.2 Å². The lowest BCUT2D eigenvalue weighted by Gasteiger charge is -2.34. The molecule has 1 aliphatic rings. The molecule has 1 amide bonds. The van der Waals surface area contributed by atoms with Crippen LogP contribution in [0.15, 0.2) is 23.1 Å². The molecular weight excluding hydrogens is 420 g/mol. The van der Waals surface area contributed by atoms with Gasteiger partial charge >= 0.3 is 0 Å². The van der Waals surface area contributed by atoms with Gasteiger partial charge < -0.3 is 19.9 Å². The van der Waals surface area contributed by atoms with Gasteiger partial charge in [0.25, 0.3) is 5.91 Å². The minimum Gasteiger partial charge on any atom is -0.503 e. The molecule has 0 fully saturated rings. The van der Waals surface area contributed by atoms with E-state index >= 15 is 0 Å². The summed E-state index contributed by atoms with van der Waals surface area (Å²) >= 11 is 6.17. The van der Waals surface area contributed by atoms with E-state index in [1.807, 2.05) is 19.9 Å². The second kappa shape index (κ2) is 8.58. The number of aromatic nitrogens is 4. The molecule has 0 unspecified atom stereocenters. The summed E-state index contributed by atoms with van der Waals surface area (Å²) in [5.41, 5.74) is 1.18. The number of unbranched alkanes of at least 4 members (excludes halogenated alkanes) is 1. The molecule has 0 bridgehead atoms. The van der Waals surface area contributed by atoms with E-state index in [1.54, 1.807) is 15.7 Å². The van der Waals surface area contributed by atoms with Crippen molar-refractivity contribution in [2.45, 2.75) is 45.7 Å². The van der Waals surface area contributed by atoms with Crippen LogP contribution in [0.25, 0.3) is 10.9 Å². The maximum atomic E-state index is 12.8. The van der Waals surface area contributed by atoms with Gasteiger partial charge in [0.1, 0.15) is 11.0 Å². The fourth-order valence-electron chi connectivity index (χ4n) is 3.95. The average molecular weight is 445 g/mol. The number of nitrogens with zero attached hydrogens (tertiary/aromatic N) is 4. The van der Waals surface area contributed by atoms with Crippen LogP contribution >= 0.6 is 11.6 Å². The number of aromatic amines is 1. The quantitative estimate of drug-likeness (QED) is 0.381. The third-order valence-electron chi connectivity index (χ3n) is 5.58. The van der Waals surface area contributed by atoms with E-state index in [1.165, 1.54) is 6.07 Å². The first-order chi connectivity index (χ1) is 14.9. The zero-order chi connectivity index (χ0) is 22.1. The first-order valence-electron chi connectivity index (χ1n) is 10.4. The summed E-state index contributed by atoms with van der Waals surface area (Å²) < 4.78 is 1.79. The van der Waals surface area contributed by atoms with Gasteiger partial charge in [-0.3, -0.25) is 14.7 Å². The molecule has 164 valence electrons. The summed E-state index contributed by atoms with van der Waals surface area (Å²) in [6, 6.07) is 3.31. The van der Waals surface area contributed by atoms with Gasteiger partial charge in [-0.25, -0.2) is 4.98 Å². The number of anilines is 1. The molecule has 4 rings (SSSR count). The highest BCUT2D eigenvalue weighted by Crippen LogP contribution is 2.24. The highest BCUT2D eigenvalue weighted by atomic mass is 35.5. The molecule has 31 heavy (non-hydrogen) atoms. The number of pyridine rings is 2. The number of carbonyl (C=O) groups excluding carboxylic acids is 1. The number of hydrogen-bond donors (Lipinski definition) is 3. The van der Waals surface area contributed by atoms with Crippen molar-refractivity contribution in [3.63, 3.8) is 0 Å². The number of aryl methyl sites for hydroxylation is 1. The Hall–Kier alpha value is -3.07. The summed E-state index contributed by atoms with van der Waals surface area (Å²) in [5, 5.41) is 21.5. The summed E-state index contributed by atoms with van der Waals surface area (Å²) in [4.78, 5) is 31.0. The fourth-order valence-corrected chi connectivity index (χ4v) is 4.19. The number of rotatable bonds is 7. The molecular formula is C21H25ClN6O3. The molecule has 1 aliphatic heterocycles. The Bertz CT molecular complexity index is 1190. The van der Waals surface area contributed by atoms with Gasteiger partial charge in [-0.15, -0.1) is 0 Å². The van der Waals surface area contributed by atoms with Crippen LogP contribution in [0.5, 0.6) is 5.75 Å². The van der Waals surface area contributed by atoms with Crippen LogP contribution in [0.2, 0.25) is 5.15 Å². The van der Waals surface area contributed by atoms with Gasteiger partial charge in [-0.05, 0) is 33.1 Å². The van der Waals surface area contributed by atoms with Crippen LogP contribution in [-0.2, 0) is 13.0 Å². The minimum atomic E-state index is -0.509. The van der Waals surface area contributed by atoms with Crippen LogP contribution in [0.4, 0.5) is 5.82 Å². The molecule has 4 heterocycles. The van der Waals surface area contributed by atoms with E-state index < -0.39 is 11.2 Å². The van der Waals surface area contributed by atoms with Crippen molar-refractivity contribution in [3.8, 4) is 5.75 Å². The maximum absolute atomic E-state index is 12.8. The van der Waals surface area contributed by atoms with Crippen LogP contribution in [0.1, 0.15) is 42.9 Å². The normalized spacial score (nSPS) is 13.8. The number of carbonyl (C=O) groups is 1. The van der Waals surface area contributed by atoms with E-state index in [0.717, 1.165) is 29.4 Å². The van der Waals surface area contributed by atoms with Crippen molar-refractivity contribution in [3.05, 3.63) is 45.1 Å². The van der Waals surface area contributed by atoms with E-state index in [2.05, 4.69) is 20.5 Å². The SMILES string of the molecule is CC(C)N1CCn2c(CCCCNc3cc4[nH]ncc4c(Cl)n3)cc(=O)c(O)c2C1=O. The Morgan fingerprint density at radius 3 is 2.84 bits per heavy atom. The van der Waals surface area contributed by atoms with Crippen molar-refractivity contribution in [2.75, 3.05) is 18.4 Å². The van der Waals surface area contributed by atoms with Crippen molar-refractivity contribution in [2.24, 2.45) is 0 Å². The predicted octanol–water partition coefficient (Wildman–Crippen LogP) is 2.78. The summed E-state index contributed by atoms with van der Waals surface area (Å²) in [6.07, 6.45) is 3.91. The van der Waals surface area contributed by atoms with Crippen molar-refractivity contribution in [1.82, 2.24) is 24.6 Å². The number of amides is 1. The number of hydrogen-bond acceptors (Lipinski definition) is 6. The molecule has 3 N–H and O–H groups in total. The standard InChI is InChI=1S/C21H25ClN6O3/c1-12(2)27-7-8-28-13(9-16(29)19(30)18(28)21(27)31)5-3-4-6-23-17-10-15-14(11-24-26-15)20(22)25-17/h9-12,30H,3-8H2,1-2H3,(H,23,25)(H,24,26). The molecule has 9 nitrogen and oxygen atoms in total. The number of nitrogens with one attached hydrogen (secondary N) is 2. The Kier molecular flexibility index (Phi) is 5.86. The van der Waals surface area contributed by atoms with Crippen LogP contribution in [0, 0.1) is 0 Å². The topological polar surface area (TPSA) is 116 Å². The molecule has 0 saturated carbocycles. The molecule has 0 saturated heterocycles. The number of aromatic hydroxyl groups is 1. The summed E-state index contributed by atoms with van der Waals surface area (Å²) in [7, 11) is 0. The van der Waals surface area contributed by atoms with E-state index in [-0.39, 0.29) is 17.6 Å². The molecule has 0 atom stereocenters. The first kappa shape index (κ1) is 21.2. The van der Waals surface area contributed by atoms with Gasteiger partial charge in [0.2, 0.25) is 5.43 Å². The Morgan fingerprint density at radius 2 is 2.06 bits per heavy atom. The van der Waals surface area contributed by atoms with Gasteiger partial charge in [0, 0.05) is 43.5 Å². The van der Waals surface area contributed by atoms with Crippen LogP contribution in [-0.4, -0.2) is 54.8 Å². The van der Waals surface area contributed by atoms with E-state index in [0.29, 0.717) is 37.0 Å². The zero-order valence-electron chi connectivity index (χ0n) is 17.5. The zero-order valence-corrected chi connectivity index (χ0v) is 18.2. The molecule has 3 aromatic heterocycles. The van der Waals surface area contributed by atoms with Gasteiger partial charge in [0.05, 0.1) is 17.1 Å². The molecule has 0 radical (unpaired) electrons. The summed E-state index contributed by atoms with van der Waals surface area (Å²) in [5.74, 6) is -0.0891. The Balaban J connectivity index is 1.40. The highest BCUT2D eigenvalue weighted by Gasteiger charge is 2.31. The Labute approximate surface area is 184 Å². The van der Waals surface area contributed by atoms with Gasteiger partial charge in [0.15, 0.2) is 11.4 Å². The van der Waals surface area contributed by atoms with E-state index in [4.69, 9.17) is 11.6 Å². The van der Waals surface area contributed by atoms with Crippen molar-refractivity contribution < 1.29 is 9.90 Å². The second-order valence-electron chi connectivity index (χ2n) is 7.95. The lowest BCUT2D eigenvalue weighted by atomic mass is 10.1. The van der Waals surface area contributed by atoms with Crippen LogP contribution in [0.3, 0.4) is 0 Å². The molecule has 10 heteroatoms. The third-order valence-corrected chi connectivity index (χ3v) is 5.87. The number of fused-ring (bicyclic) bond motifs is 2. The average Bonchev–Trinajstić information content (AvgIpc) is 3.20. The largest absolute Gasteiger partial charge is 0.503 e. The maximum Gasteiger partial charge on any atom is 0.274 e. The highest BCUT2D eigenvalue weighted by molar-refractivity contribution is 6.34. The molecule has 0 aliphatic carbocycles. The van der Waals surface area contributed by atoms with Gasteiger partial charge in [-0.1, -0.05) is 11.6 Å². The third kappa shape index (κ3) is 4.10. The first-order valence-corrected chi connectivity index (χ1v) is 10.7. The lowest BCUT2D eigenvalue weighted by molar-refractivity contribution is 0.0639. The molecule has 3 aromatic rings. The number of halogens is 1. The second-order valence-corrected chi connectivity index (χ2v) is 8.31. The Morgan fingerprint density at radius 1 is 1.26 bits per heavy atom. The summed E-state index contributed by atoms with van der Waals surface area (Å²) in [6.45, 7) is 5.64. The molecule has 0 spiro atoms. The smallest absolute Gasteiger partial charge is 0.274 e. The molecule has 0 aromatic carbocycles. The minimum absolute atomic E-state index is 0.00794. The predicted molar refractivity (Wildman–Crippen MR) is 119 cm³/mol. The lowest BCUT2D eigenvalue weighted by Crippen LogP contribution is -2.45. The van der Waals surface area contributed by atoms with Crippen molar-refractivity contribution in [1.29, 1.82) is 0 Å².